The second kappa shape index (κ2) is 4.30. The highest BCUT2D eigenvalue weighted by molar-refractivity contribution is 9.09. The summed E-state index contributed by atoms with van der Waals surface area (Å²) in [6.45, 7) is 6.15. The first-order valence-corrected chi connectivity index (χ1v) is 7.15. The lowest BCUT2D eigenvalue weighted by atomic mass is 9.88. The molecule has 4 unspecified atom stereocenters. The predicted molar refractivity (Wildman–Crippen MR) is 66.6 cm³/mol. The summed E-state index contributed by atoms with van der Waals surface area (Å²) in [4.78, 5) is 12.2. The molecule has 4 atom stereocenters. The molecule has 0 aromatic heterocycles. The maximum Gasteiger partial charge on any atom is 0.226 e. The summed E-state index contributed by atoms with van der Waals surface area (Å²) in [7, 11) is 0. The van der Waals surface area contributed by atoms with Crippen LogP contribution in [-0.4, -0.2) is 29.0 Å². The van der Waals surface area contributed by atoms with Crippen LogP contribution in [0, 0.1) is 11.8 Å². The van der Waals surface area contributed by atoms with Gasteiger partial charge in [0.1, 0.15) is 0 Å². The highest BCUT2D eigenvalue weighted by Crippen LogP contribution is 2.39. The first kappa shape index (κ1) is 12.4. The SMILES string of the molecule is CC1OC(C)C(C(=O)NC2(CBr)CC2)C1C. The number of halogens is 1. The third-order valence-corrected chi connectivity index (χ3v) is 5.12. The zero-order valence-electron chi connectivity index (χ0n) is 10.1. The van der Waals surface area contributed by atoms with E-state index in [9.17, 15) is 4.79 Å². The number of carbonyl (C=O) groups excluding carboxylic acids is 1. The van der Waals surface area contributed by atoms with E-state index in [0.29, 0.717) is 5.92 Å². The minimum atomic E-state index is 0.00604. The van der Waals surface area contributed by atoms with Gasteiger partial charge in [-0.3, -0.25) is 4.79 Å². The smallest absolute Gasteiger partial charge is 0.226 e. The molecule has 1 saturated carbocycles. The molecule has 16 heavy (non-hydrogen) atoms. The van der Waals surface area contributed by atoms with Crippen LogP contribution in [0.25, 0.3) is 0 Å². The quantitative estimate of drug-likeness (QED) is 0.808. The molecule has 2 fully saturated rings. The number of ether oxygens (including phenoxy) is 1. The van der Waals surface area contributed by atoms with Crippen molar-refractivity contribution in [2.75, 3.05) is 5.33 Å². The highest BCUT2D eigenvalue weighted by Gasteiger charge is 2.47. The zero-order chi connectivity index (χ0) is 11.9. The van der Waals surface area contributed by atoms with E-state index in [-0.39, 0.29) is 29.6 Å². The van der Waals surface area contributed by atoms with Crippen molar-refractivity contribution in [1.82, 2.24) is 5.32 Å². The molecule has 4 heteroatoms. The lowest BCUT2D eigenvalue weighted by Gasteiger charge is -2.22. The van der Waals surface area contributed by atoms with Crippen LogP contribution in [0.15, 0.2) is 0 Å². The van der Waals surface area contributed by atoms with Crippen molar-refractivity contribution < 1.29 is 9.53 Å². The Hall–Kier alpha value is -0.0900. The van der Waals surface area contributed by atoms with Crippen LogP contribution in [-0.2, 0) is 9.53 Å². The van der Waals surface area contributed by atoms with Gasteiger partial charge in [0, 0.05) is 10.9 Å². The van der Waals surface area contributed by atoms with Gasteiger partial charge in [0.25, 0.3) is 0 Å². The Morgan fingerprint density at radius 2 is 2.00 bits per heavy atom. The monoisotopic (exact) mass is 289 g/mol. The van der Waals surface area contributed by atoms with Gasteiger partial charge in [-0.15, -0.1) is 0 Å². The van der Waals surface area contributed by atoms with Gasteiger partial charge in [-0.2, -0.15) is 0 Å². The maximum absolute atomic E-state index is 12.2. The van der Waals surface area contributed by atoms with Gasteiger partial charge in [-0.1, -0.05) is 22.9 Å². The molecule has 1 aliphatic carbocycles. The van der Waals surface area contributed by atoms with Gasteiger partial charge in [0.2, 0.25) is 5.91 Å². The molecule has 3 nitrogen and oxygen atoms in total. The van der Waals surface area contributed by atoms with Crippen molar-refractivity contribution >= 4 is 21.8 Å². The van der Waals surface area contributed by atoms with E-state index in [4.69, 9.17) is 4.74 Å². The summed E-state index contributed by atoms with van der Waals surface area (Å²) in [5, 5.41) is 4.03. The molecule has 0 spiro atoms. The molecule has 0 aromatic carbocycles. The van der Waals surface area contributed by atoms with E-state index in [0.717, 1.165) is 18.2 Å². The van der Waals surface area contributed by atoms with Crippen LogP contribution in [0.4, 0.5) is 0 Å². The molecule has 1 N–H and O–H groups in total. The summed E-state index contributed by atoms with van der Waals surface area (Å²) in [6.07, 6.45) is 2.41. The summed E-state index contributed by atoms with van der Waals surface area (Å²) in [5.74, 6) is 0.481. The molecule has 0 aromatic rings. The van der Waals surface area contributed by atoms with Gasteiger partial charge in [0.05, 0.1) is 18.1 Å². The van der Waals surface area contributed by atoms with Gasteiger partial charge >= 0.3 is 0 Å². The van der Waals surface area contributed by atoms with Gasteiger partial charge < -0.3 is 10.1 Å². The third kappa shape index (κ3) is 2.14. The van der Waals surface area contributed by atoms with E-state index >= 15 is 0 Å². The van der Waals surface area contributed by atoms with Crippen LogP contribution >= 0.6 is 15.9 Å². The molecule has 92 valence electrons. The minimum Gasteiger partial charge on any atom is -0.374 e. The highest BCUT2D eigenvalue weighted by atomic mass is 79.9. The Kier molecular flexibility index (Phi) is 3.32. The van der Waals surface area contributed by atoms with E-state index in [2.05, 4.69) is 28.2 Å². The minimum absolute atomic E-state index is 0.00604. The number of nitrogens with one attached hydrogen (secondary N) is 1. The first-order valence-electron chi connectivity index (χ1n) is 6.02. The fraction of sp³-hybridized carbons (Fsp3) is 0.917. The molecule has 2 rings (SSSR count). The molecule has 0 radical (unpaired) electrons. The first-order chi connectivity index (χ1) is 7.49. The van der Waals surface area contributed by atoms with Gasteiger partial charge in [-0.25, -0.2) is 0 Å². The second-order valence-electron chi connectivity index (χ2n) is 5.33. The number of hydrogen-bond donors (Lipinski definition) is 1. The Morgan fingerprint density at radius 1 is 1.38 bits per heavy atom. The van der Waals surface area contributed by atoms with Crippen molar-refractivity contribution in [3.63, 3.8) is 0 Å². The van der Waals surface area contributed by atoms with E-state index in [1.165, 1.54) is 0 Å². The summed E-state index contributed by atoms with van der Waals surface area (Å²) < 4.78 is 5.70. The molecule has 2 aliphatic rings. The maximum atomic E-state index is 12.2. The molecule has 0 bridgehead atoms. The van der Waals surface area contributed by atoms with Crippen molar-refractivity contribution in [3.8, 4) is 0 Å². The van der Waals surface area contributed by atoms with Crippen LogP contribution in [0.3, 0.4) is 0 Å². The zero-order valence-corrected chi connectivity index (χ0v) is 11.7. The van der Waals surface area contributed by atoms with Crippen LogP contribution < -0.4 is 5.32 Å². The average Bonchev–Trinajstić information content (AvgIpc) is 2.92. The van der Waals surface area contributed by atoms with E-state index in [1.54, 1.807) is 0 Å². The molecular formula is C12H20BrNO2. The topological polar surface area (TPSA) is 38.3 Å². The normalized spacial score (nSPS) is 40.8. The summed E-state index contributed by atoms with van der Waals surface area (Å²) in [5.41, 5.74) is 0.0440. The van der Waals surface area contributed by atoms with Crippen molar-refractivity contribution in [2.24, 2.45) is 11.8 Å². The van der Waals surface area contributed by atoms with E-state index in [1.807, 2.05) is 13.8 Å². The molecule has 1 aliphatic heterocycles. The lowest BCUT2D eigenvalue weighted by molar-refractivity contribution is -0.128. The van der Waals surface area contributed by atoms with Crippen LogP contribution in [0.5, 0.6) is 0 Å². The Bertz CT molecular complexity index is 291. The van der Waals surface area contributed by atoms with Crippen LogP contribution in [0.2, 0.25) is 0 Å². The number of rotatable bonds is 3. The van der Waals surface area contributed by atoms with Crippen molar-refractivity contribution in [3.05, 3.63) is 0 Å². The molecule has 1 saturated heterocycles. The van der Waals surface area contributed by atoms with Crippen molar-refractivity contribution in [2.45, 2.75) is 51.4 Å². The summed E-state index contributed by atoms with van der Waals surface area (Å²) in [6, 6.07) is 0. The lowest BCUT2D eigenvalue weighted by Crippen LogP contribution is -2.45. The third-order valence-electron chi connectivity index (χ3n) is 4.04. The summed E-state index contributed by atoms with van der Waals surface area (Å²) >= 11 is 3.47. The number of hydrogen-bond acceptors (Lipinski definition) is 2. The molecule has 1 amide bonds. The van der Waals surface area contributed by atoms with Gasteiger partial charge in [0.15, 0.2) is 0 Å². The second-order valence-corrected chi connectivity index (χ2v) is 5.90. The number of alkyl halides is 1. The van der Waals surface area contributed by atoms with Crippen molar-refractivity contribution in [1.29, 1.82) is 0 Å². The van der Waals surface area contributed by atoms with E-state index < -0.39 is 0 Å². The molecular weight excluding hydrogens is 270 g/mol. The average molecular weight is 290 g/mol. The number of amides is 1. The standard InChI is InChI=1S/C12H20BrNO2/c1-7-8(2)16-9(3)10(7)11(15)14-12(6-13)4-5-12/h7-10H,4-6H2,1-3H3,(H,14,15). The fourth-order valence-electron chi connectivity index (χ4n) is 2.51. The predicted octanol–water partition coefficient (Wildman–Crippen LogP) is 2.09. The Labute approximate surface area is 105 Å². The largest absolute Gasteiger partial charge is 0.374 e. The fourth-order valence-corrected chi connectivity index (χ4v) is 3.21. The van der Waals surface area contributed by atoms with Crippen LogP contribution in [0.1, 0.15) is 33.6 Å². The molecule has 1 heterocycles. The Morgan fingerprint density at radius 3 is 2.38 bits per heavy atom. The number of carbonyl (C=O) groups is 1. The Balaban J connectivity index is 1.99. The van der Waals surface area contributed by atoms with Gasteiger partial charge in [-0.05, 0) is 32.6 Å².